The number of amides is 2. The van der Waals surface area contributed by atoms with E-state index in [1.807, 2.05) is 17.5 Å². The predicted molar refractivity (Wildman–Crippen MR) is 96.5 cm³/mol. The average Bonchev–Trinajstić information content (AvgIpc) is 3.05. The van der Waals surface area contributed by atoms with Crippen molar-refractivity contribution in [1.82, 2.24) is 4.90 Å². The van der Waals surface area contributed by atoms with Crippen LogP contribution in [-0.4, -0.2) is 35.0 Å². The molecule has 5 nitrogen and oxygen atoms in total. The standard InChI is InChI=1S/C17H19ClN2O3S/c1-12(22)19-13-5-6-16(18)15(10-13)17(23)20(7-3-8-21)11-14-4-2-9-24-14/h2,4-6,9-10,21H,3,7-8,11H2,1H3,(H,19,22). The van der Waals surface area contributed by atoms with Crippen LogP contribution in [0.25, 0.3) is 0 Å². The number of halogens is 1. The number of anilines is 1. The van der Waals surface area contributed by atoms with Crippen LogP contribution in [-0.2, 0) is 11.3 Å². The Kier molecular flexibility index (Phi) is 6.78. The molecule has 0 aliphatic rings. The van der Waals surface area contributed by atoms with Gasteiger partial charge in [-0.3, -0.25) is 9.59 Å². The van der Waals surface area contributed by atoms with E-state index in [0.29, 0.717) is 35.8 Å². The van der Waals surface area contributed by atoms with Crippen LogP contribution < -0.4 is 5.32 Å². The summed E-state index contributed by atoms with van der Waals surface area (Å²) < 4.78 is 0. The molecule has 0 unspecified atom stereocenters. The molecule has 7 heteroatoms. The van der Waals surface area contributed by atoms with Crippen molar-refractivity contribution in [2.24, 2.45) is 0 Å². The molecule has 0 saturated heterocycles. The van der Waals surface area contributed by atoms with E-state index in [-0.39, 0.29) is 18.4 Å². The fraction of sp³-hybridized carbons (Fsp3) is 0.294. The Morgan fingerprint density at radius 2 is 2.12 bits per heavy atom. The quantitative estimate of drug-likeness (QED) is 0.789. The molecule has 0 fully saturated rings. The molecule has 2 rings (SSSR count). The number of rotatable bonds is 7. The molecule has 0 spiro atoms. The van der Waals surface area contributed by atoms with Crippen molar-refractivity contribution in [1.29, 1.82) is 0 Å². The Hall–Kier alpha value is -1.89. The summed E-state index contributed by atoms with van der Waals surface area (Å²) in [5, 5.41) is 14.0. The van der Waals surface area contributed by atoms with Crippen LogP contribution in [0.15, 0.2) is 35.7 Å². The maximum Gasteiger partial charge on any atom is 0.255 e. The number of nitrogens with zero attached hydrogens (tertiary/aromatic N) is 1. The SMILES string of the molecule is CC(=O)Nc1ccc(Cl)c(C(=O)N(CCCO)Cc2cccs2)c1. The third-order valence-electron chi connectivity index (χ3n) is 3.32. The van der Waals surface area contributed by atoms with E-state index < -0.39 is 0 Å². The first-order valence-electron chi connectivity index (χ1n) is 7.51. The highest BCUT2D eigenvalue weighted by Gasteiger charge is 2.19. The monoisotopic (exact) mass is 366 g/mol. The lowest BCUT2D eigenvalue weighted by Crippen LogP contribution is -2.32. The van der Waals surface area contributed by atoms with Crippen molar-refractivity contribution in [2.45, 2.75) is 19.9 Å². The lowest BCUT2D eigenvalue weighted by molar-refractivity contribution is -0.114. The summed E-state index contributed by atoms with van der Waals surface area (Å²) >= 11 is 7.75. The molecular formula is C17H19ClN2O3S. The lowest BCUT2D eigenvalue weighted by Gasteiger charge is -2.22. The minimum absolute atomic E-state index is 0.00782. The molecule has 0 bridgehead atoms. The average molecular weight is 367 g/mol. The number of hydrogen-bond donors (Lipinski definition) is 2. The summed E-state index contributed by atoms with van der Waals surface area (Å²) in [5.74, 6) is -0.444. The number of hydrogen-bond acceptors (Lipinski definition) is 4. The molecule has 2 amide bonds. The fourth-order valence-electron chi connectivity index (χ4n) is 2.25. The molecule has 1 aromatic carbocycles. The lowest BCUT2D eigenvalue weighted by atomic mass is 10.1. The zero-order valence-electron chi connectivity index (χ0n) is 13.3. The van der Waals surface area contributed by atoms with Crippen molar-refractivity contribution in [2.75, 3.05) is 18.5 Å². The van der Waals surface area contributed by atoms with Gasteiger partial charge in [0.25, 0.3) is 5.91 Å². The highest BCUT2D eigenvalue weighted by atomic mass is 35.5. The van der Waals surface area contributed by atoms with E-state index in [4.69, 9.17) is 16.7 Å². The number of aliphatic hydroxyl groups excluding tert-OH is 1. The minimum atomic E-state index is -0.228. The summed E-state index contributed by atoms with van der Waals surface area (Å²) in [7, 11) is 0. The van der Waals surface area contributed by atoms with Crippen LogP contribution in [0.1, 0.15) is 28.6 Å². The van der Waals surface area contributed by atoms with Crippen LogP contribution in [0.2, 0.25) is 5.02 Å². The van der Waals surface area contributed by atoms with E-state index in [9.17, 15) is 9.59 Å². The maximum atomic E-state index is 12.9. The molecule has 0 saturated carbocycles. The van der Waals surface area contributed by atoms with Crippen LogP contribution in [0.3, 0.4) is 0 Å². The van der Waals surface area contributed by atoms with Gasteiger partial charge in [-0.25, -0.2) is 0 Å². The number of thiophene rings is 1. The maximum absolute atomic E-state index is 12.9. The minimum Gasteiger partial charge on any atom is -0.396 e. The van der Waals surface area contributed by atoms with E-state index in [1.54, 1.807) is 34.4 Å². The zero-order valence-corrected chi connectivity index (χ0v) is 14.9. The van der Waals surface area contributed by atoms with Crippen LogP contribution in [0.5, 0.6) is 0 Å². The largest absolute Gasteiger partial charge is 0.396 e. The molecule has 0 radical (unpaired) electrons. The second kappa shape index (κ2) is 8.82. The first kappa shape index (κ1) is 18.4. The van der Waals surface area contributed by atoms with E-state index in [0.717, 1.165) is 4.88 Å². The summed E-state index contributed by atoms with van der Waals surface area (Å²) in [6.45, 7) is 2.29. The second-order valence-electron chi connectivity index (χ2n) is 5.26. The Morgan fingerprint density at radius 1 is 1.33 bits per heavy atom. The van der Waals surface area contributed by atoms with Crippen molar-refractivity contribution < 1.29 is 14.7 Å². The Balaban J connectivity index is 2.25. The van der Waals surface area contributed by atoms with E-state index >= 15 is 0 Å². The van der Waals surface area contributed by atoms with E-state index in [1.165, 1.54) is 6.92 Å². The number of nitrogens with one attached hydrogen (secondary N) is 1. The molecule has 1 heterocycles. The van der Waals surface area contributed by atoms with Gasteiger partial charge in [0.15, 0.2) is 0 Å². The smallest absolute Gasteiger partial charge is 0.255 e. The van der Waals surface area contributed by atoms with Crippen molar-refractivity contribution in [3.05, 3.63) is 51.2 Å². The molecule has 128 valence electrons. The second-order valence-corrected chi connectivity index (χ2v) is 6.70. The highest BCUT2D eigenvalue weighted by Crippen LogP contribution is 2.24. The fourth-order valence-corrected chi connectivity index (χ4v) is 3.16. The number of aliphatic hydroxyl groups is 1. The van der Waals surface area contributed by atoms with Gasteiger partial charge in [-0.2, -0.15) is 0 Å². The molecule has 1 aromatic heterocycles. The van der Waals surface area contributed by atoms with Crippen LogP contribution >= 0.6 is 22.9 Å². The van der Waals surface area contributed by atoms with Gasteiger partial charge >= 0.3 is 0 Å². The summed E-state index contributed by atoms with van der Waals surface area (Å²) in [4.78, 5) is 26.8. The number of carbonyl (C=O) groups excluding carboxylic acids is 2. The Bertz CT molecular complexity index is 704. The van der Waals surface area contributed by atoms with Gasteiger partial charge < -0.3 is 15.3 Å². The van der Waals surface area contributed by atoms with Gasteiger partial charge in [0.05, 0.1) is 17.1 Å². The van der Waals surface area contributed by atoms with Gasteiger partial charge in [0.1, 0.15) is 0 Å². The van der Waals surface area contributed by atoms with Gasteiger partial charge in [0.2, 0.25) is 5.91 Å². The molecule has 0 atom stereocenters. The molecule has 0 aliphatic heterocycles. The van der Waals surface area contributed by atoms with Gasteiger partial charge in [0, 0.05) is 30.6 Å². The number of carbonyl (C=O) groups is 2. The molecule has 0 aliphatic carbocycles. The summed E-state index contributed by atoms with van der Waals surface area (Å²) in [6.07, 6.45) is 0.486. The molecule has 2 N–H and O–H groups in total. The number of benzene rings is 1. The predicted octanol–water partition coefficient (Wildman–Crippen LogP) is 3.38. The first-order valence-corrected chi connectivity index (χ1v) is 8.76. The Labute approximate surface area is 149 Å². The Morgan fingerprint density at radius 3 is 2.75 bits per heavy atom. The summed E-state index contributed by atoms with van der Waals surface area (Å²) in [5.41, 5.74) is 0.853. The van der Waals surface area contributed by atoms with Gasteiger partial charge in [-0.15, -0.1) is 11.3 Å². The third kappa shape index (κ3) is 5.06. The van der Waals surface area contributed by atoms with Crippen LogP contribution in [0, 0.1) is 0 Å². The van der Waals surface area contributed by atoms with Gasteiger partial charge in [-0.1, -0.05) is 17.7 Å². The molecule has 24 heavy (non-hydrogen) atoms. The van der Waals surface area contributed by atoms with E-state index in [2.05, 4.69) is 5.32 Å². The summed E-state index contributed by atoms with van der Waals surface area (Å²) in [6, 6.07) is 8.71. The van der Waals surface area contributed by atoms with Gasteiger partial charge in [-0.05, 0) is 36.1 Å². The molecule has 2 aromatic rings. The van der Waals surface area contributed by atoms with Crippen LogP contribution in [0.4, 0.5) is 5.69 Å². The normalized spacial score (nSPS) is 10.5. The highest BCUT2D eigenvalue weighted by molar-refractivity contribution is 7.09. The van der Waals surface area contributed by atoms with Crippen molar-refractivity contribution in [3.8, 4) is 0 Å². The van der Waals surface area contributed by atoms with Crippen molar-refractivity contribution in [3.63, 3.8) is 0 Å². The zero-order chi connectivity index (χ0) is 17.5. The first-order chi connectivity index (χ1) is 11.5. The topological polar surface area (TPSA) is 69.6 Å². The third-order valence-corrected chi connectivity index (χ3v) is 4.51. The molecular weight excluding hydrogens is 348 g/mol. The van der Waals surface area contributed by atoms with Crippen molar-refractivity contribution >= 4 is 40.4 Å².